The van der Waals surface area contributed by atoms with Gasteiger partial charge in [-0.25, -0.2) is 9.97 Å². The second-order valence-corrected chi connectivity index (χ2v) is 6.30. The quantitative estimate of drug-likeness (QED) is 0.568. The summed E-state index contributed by atoms with van der Waals surface area (Å²) in [6.45, 7) is 1.97. The molecule has 0 radical (unpaired) electrons. The molecular formula is C18H14BrN5. The number of halogens is 1. The smallest absolute Gasteiger partial charge is 0.207 e. The van der Waals surface area contributed by atoms with Gasteiger partial charge in [-0.1, -0.05) is 30.3 Å². The number of aryl methyl sites for hydroxylation is 1. The van der Waals surface area contributed by atoms with Crippen molar-refractivity contribution in [1.29, 1.82) is 0 Å². The molecule has 1 aromatic carbocycles. The number of hydrogen-bond acceptors (Lipinski definition) is 4. The number of nitrogens with two attached hydrogens (primary N) is 1. The van der Waals surface area contributed by atoms with Gasteiger partial charge in [0.15, 0.2) is 5.65 Å². The number of pyridine rings is 1. The average Bonchev–Trinajstić information content (AvgIpc) is 2.98. The van der Waals surface area contributed by atoms with Gasteiger partial charge < -0.3 is 5.73 Å². The fourth-order valence-electron chi connectivity index (χ4n) is 2.82. The van der Waals surface area contributed by atoms with E-state index in [2.05, 4.69) is 30.9 Å². The van der Waals surface area contributed by atoms with Crippen LogP contribution in [-0.4, -0.2) is 19.4 Å². The molecule has 0 amide bonds. The Morgan fingerprint density at radius 3 is 2.58 bits per heavy atom. The molecule has 0 spiro atoms. The number of nitrogen functional groups attached to an aromatic ring is 1. The Morgan fingerprint density at radius 2 is 1.83 bits per heavy atom. The second-order valence-electron chi connectivity index (χ2n) is 5.49. The molecule has 0 aliphatic heterocycles. The largest absolute Gasteiger partial charge is 0.369 e. The van der Waals surface area contributed by atoms with Gasteiger partial charge in [-0.2, -0.15) is 0 Å². The number of fused-ring (bicyclic) bond motifs is 1. The molecule has 5 nitrogen and oxygen atoms in total. The molecule has 4 aromatic rings. The predicted octanol–water partition coefficient (Wildman–Crippen LogP) is 4.11. The lowest BCUT2D eigenvalue weighted by Gasteiger charge is -2.13. The van der Waals surface area contributed by atoms with E-state index in [-0.39, 0.29) is 0 Å². The monoisotopic (exact) mass is 379 g/mol. The maximum absolute atomic E-state index is 6.19. The normalized spacial score (nSPS) is 11.1. The number of nitrogens with zero attached hydrogens (tertiary/aromatic N) is 4. The van der Waals surface area contributed by atoms with Crippen LogP contribution in [0, 0.1) is 6.92 Å². The highest BCUT2D eigenvalue weighted by molar-refractivity contribution is 9.10. The van der Waals surface area contributed by atoms with Crippen LogP contribution in [0.3, 0.4) is 0 Å². The molecule has 118 valence electrons. The van der Waals surface area contributed by atoms with Gasteiger partial charge in [0.05, 0.1) is 17.5 Å². The Kier molecular flexibility index (Phi) is 3.54. The summed E-state index contributed by atoms with van der Waals surface area (Å²) in [6.07, 6.45) is 3.53. The molecule has 3 aromatic heterocycles. The molecule has 0 aliphatic carbocycles. The Hall–Kier alpha value is -2.73. The van der Waals surface area contributed by atoms with Gasteiger partial charge in [0.25, 0.3) is 0 Å². The summed E-state index contributed by atoms with van der Waals surface area (Å²) in [5.41, 5.74) is 11.6. The fraction of sp³-hybridized carbons (Fsp3) is 0.0556. The molecule has 6 heteroatoms. The van der Waals surface area contributed by atoms with Crippen molar-refractivity contribution < 1.29 is 0 Å². The molecule has 3 heterocycles. The molecule has 0 fully saturated rings. The maximum atomic E-state index is 6.19. The van der Waals surface area contributed by atoms with Gasteiger partial charge in [0.1, 0.15) is 4.60 Å². The summed E-state index contributed by atoms with van der Waals surface area (Å²) >= 11 is 3.49. The van der Waals surface area contributed by atoms with Crippen LogP contribution < -0.4 is 5.73 Å². The Balaban J connectivity index is 2.14. The van der Waals surface area contributed by atoms with Gasteiger partial charge in [-0.3, -0.25) is 9.38 Å². The number of hydrogen-bond donors (Lipinski definition) is 1. The fourth-order valence-corrected chi connectivity index (χ4v) is 3.28. The van der Waals surface area contributed by atoms with Crippen molar-refractivity contribution in [3.63, 3.8) is 0 Å². The number of rotatable bonds is 2. The van der Waals surface area contributed by atoms with Gasteiger partial charge >= 0.3 is 0 Å². The lowest BCUT2D eigenvalue weighted by molar-refractivity contribution is 1.09. The van der Waals surface area contributed by atoms with Crippen molar-refractivity contribution in [2.24, 2.45) is 0 Å². The standard InChI is InChI=1S/C18H14BrN5/c1-11-9-13(7-8-21-11)15-16(12-5-3-2-4-6-12)23-18(20)24-14(19)10-22-17(15)24/h2-10H,1H3,(H2,20,23). The average molecular weight is 380 g/mol. The van der Waals surface area contributed by atoms with Crippen LogP contribution >= 0.6 is 15.9 Å². The summed E-state index contributed by atoms with van der Waals surface area (Å²) in [5, 5.41) is 0. The zero-order valence-corrected chi connectivity index (χ0v) is 14.5. The van der Waals surface area contributed by atoms with E-state index >= 15 is 0 Å². The van der Waals surface area contributed by atoms with Crippen LogP contribution in [0.4, 0.5) is 5.95 Å². The van der Waals surface area contributed by atoms with E-state index in [1.807, 2.05) is 49.4 Å². The molecule has 0 aliphatic rings. The van der Waals surface area contributed by atoms with Crippen molar-refractivity contribution in [2.45, 2.75) is 6.92 Å². The van der Waals surface area contributed by atoms with E-state index in [4.69, 9.17) is 5.73 Å². The van der Waals surface area contributed by atoms with Crippen LogP contribution in [-0.2, 0) is 0 Å². The summed E-state index contributed by atoms with van der Waals surface area (Å²) in [5.74, 6) is 0.391. The summed E-state index contributed by atoms with van der Waals surface area (Å²) < 4.78 is 2.58. The van der Waals surface area contributed by atoms with Crippen molar-refractivity contribution >= 4 is 27.5 Å². The SMILES string of the molecule is Cc1cc(-c2c(-c3ccccc3)nc(N)n3c(Br)cnc23)ccn1. The van der Waals surface area contributed by atoms with E-state index in [0.29, 0.717) is 5.95 Å². The Labute approximate surface area is 147 Å². The van der Waals surface area contributed by atoms with Crippen LogP contribution in [0.5, 0.6) is 0 Å². The number of anilines is 1. The first-order valence-corrected chi connectivity index (χ1v) is 8.25. The first kappa shape index (κ1) is 14.8. The number of benzene rings is 1. The van der Waals surface area contributed by atoms with E-state index in [1.165, 1.54) is 0 Å². The molecule has 0 saturated carbocycles. The summed E-state index contributed by atoms with van der Waals surface area (Å²) in [7, 11) is 0. The summed E-state index contributed by atoms with van der Waals surface area (Å²) in [6, 6.07) is 14.0. The molecule has 0 bridgehead atoms. The Bertz CT molecular complexity index is 1040. The van der Waals surface area contributed by atoms with Gasteiger partial charge in [0, 0.05) is 17.5 Å². The third-order valence-electron chi connectivity index (χ3n) is 3.87. The van der Waals surface area contributed by atoms with Crippen molar-refractivity contribution in [2.75, 3.05) is 5.73 Å². The topological polar surface area (TPSA) is 69.1 Å². The minimum atomic E-state index is 0.391. The molecule has 0 unspecified atom stereocenters. The molecule has 0 atom stereocenters. The lowest BCUT2D eigenvalue weighted by atomic mass is 10.0. The van der Waals surface area contributed by atoms with Gasteiger partial charge in [0.2, 0.25) is 5.95 Å². The van der Waals surface area contributed by atoms with E-state index in [1.54, 1.807) is 16.8 Å². The number of aromatic nitrogens is 4. The van der Waals surface area contributed by atoms with Crippen molar-refractivity contribution in [3.8, 4) is 22.4 Å². The maximum Gasteiger partial charge on any atom is 0.207 e. The minimum Gasteiger partial charge on any atom is -0.369 e. The highest BCUT2D eigenvalue weighted by Gasteiger charge is 2.19. The molecule has 24 heavy (non-hydrogen) atoms. The predicted molar refractivity (Wildman–Crippen MR) is 98.5 cm³/mol. The first-order valence-electron chi connectivity index (χ1n) is 7.46. The molecular weight excluding hydrogens is 366 g/mol. The van der Waals surface area contributed by atoms with E-state index < -0.39 is 0 Å². The highest BCUT2D eigenvalue weighted by atomic mass is 79.9. The molecule has 2 N–H and O–H groups in total. The van der Waals surface area contributed by atoms with Crippen LogP contribution in [0.2, 0.25) is 0 Å². The lowest BCUT2D eigenvalue weighted by Crippen LogP contribution is -2.05. The van der Waals surface area contributed by atoms with Crippen LogP contribution in [0.15, 0.2) is 59.5 Å². The zero-order chi connectivity index (χ0) is 16.7. The zero-order valence-electron chi connectivity index (χ0n) is 12.9. The first-order chi connectivity index (χ1) is 11.6. The van der Waals surface area contributed by atoms with Gasteiger partial charge in [-0.15, -0.1) is 0 Å². The third kappa shape index (κ3) is 2.35. The number of imidazole rings is 1. The highest BCUT2D eigenvalue weighted by Crippen LogP contribution is 2.36. The van der Waals surface area contributed by atoms with Crippen molar-refractivity contribution in [3.05, 3.63) is 65.2 Å². The van der Waals surface area contributed by atoms with E-state index in [0.717, 1.165) is 38.3 Å². The van der Waals surface area contributed by atoms with Crippen molar-refractivity contribution in [1.82, 2.24) is 19.4 Å². The van der Waals surface area contributed by atoms with E-state index in [9.17, 15) is 0 Å². The second kappa shape index (κ2) is 5.72. The van der Waals surface area contributed by atoms with Gasteiger partial charge in [-0.05, 0) is 40.5 Å². The van der Waals surface area contributed by atoms with Crippen LogP contribution in [0.25, 0.3) is 28.0 Å². The third-order valence-corrected chi connectivity index (χ3v) is 4.43. The molecule has 0 saturated heterocycles. The summed E-state index contributed by atoms with van der Waals surface area (Å²) in [4.78, 5) is 13.5. The van der Waals surface area contributed by atoms with Crippen LogP contribution in [0.1, 0.15) is 5.69 Å². The minimum absolute atomic E-state index is 0.391. The Morgan fingerprint density at radius 1 is 1.04 bits per heavy atom. The molecule has 4 rings (SSSR count).